The molecule has 2 aromatic heterocycles. The minimum absolute atomic E-state index is 0.0567. The summed E-state index contributed by atoms with van der Waals surface area (Å²) < 4.78 is 0. The summed E-state index contributed by atoms with van der Waals surface area (Å²) in [6, 6.07) is 17.3. The molecule has 0 saturated heterocycles. The quantitative estimate of drug-likeness (QED) is 0.786. The number of amides is 1. The van der Waals surface area contributed by atoms with Gasteiger partial charge in [-0.25, -0.2) is 0 Å². The number of aromatic nitrogens is 2. The highest BCUT2D eigenvalue weighted by Crippen LogP contribution is 2.24. The lowest BCUT2D eigenvalue weighted by atomic mass is 9.95. The number of rotatable bonds is 5. The Morgan fingerprint density at radius 2 is 1.75 bits per heavy atom. The van der Waals surface area contributed by atoms with Crippen LogP contribution in [0.5, 0.6) is 0 Å². The van der Waals surface area contributed by atoms with E-state index in [1.165, 1.54) is 0 Å². The first-order chi connectivity index (χ1) is 11.7. The van der Waals surface area contributed by atoms with Gasteiger partial charge in [0.25, 0.3) is 0 Å². The maximum absolute atomic E-state index is 12.5. The lowest BCUT2D eigenvalue weighted by Crippen LogP contribution is -2.31. The van der Waals surface area contributed by atoms with Crippen molar-refractivity contribution < 1.29 is 4.79 Å². The first-order valence-corrected chi connectivity index (χ1v) is 7.89. The van der Waals surface area contributed by atoms with Crippen molar-refractivity contribution in [1.82, 2.24) is 15.3 Å². The summed E-state index contributed by atoms with van der Waals surface area (Å²) in [5.41, 5.74) is 3.98. The number of hydrogen-bond acceptors (Lipinski definition) is 3. The number of pyridine rings is 2. The smallest absolute Gasteiger partial charge is 0.226 e. The van der Waals surface area contributed by atoms with Gasteiger partial charge in [0, 0.05) is 24.3 Å². The molecule has 4 heteroatoms. The summed E-state index contributed by atoms with van der Waals surface area (Å²) in [6.45, 7) is 2.05. The second kappa shape index (κ2) is 7.51. The van der Waals surface area contributed by atoms with Gasteiger partial charge < -0.3 is 5.32 Å². The molecule has 0 unspecified atom stereocenters. The van der Waals surface area contributed by atoms with E-state index < -0.39 is 0 Å². The first-order valence-electron chi connectivity index (χ1n) is 7.89. The summed E-state index contributed by atoms with van der Waals surface area (Å²) in [4.78, 5) is 20.8. The van der Waals surface area contributed by atoms with Crippen LogP contribution in [0.4, 0.5) is 0 Å². The minimum Gasteiger partial charge on any atom is -0.345 e. The normalized spacial score (nSPS) is 11.7. The summed E-state index contributed by atoms with van der Waals surface area (Å²) in [6.07, 6.45) is 5.44. The van der Waals surface area contributed by atoms with Crippen molar-refractivity contribution in [3.05, 3.63) is 95.6 Å². The molecule has 120 valence electrons. The van der Waals surface area contributed by atoms with E-state index in [1.54, 1.807) is 18.6 Å². The number of hydrogen-bond donors (Lipinski definition) is 1. The average molecular weight is 317 g/mol. The van der Waals surface area contributed by atoms with Crippen LogP contribution in [-0.4, -0.2) is 15.9 Å². The Hall–Kier alpha value is -3.01. The van der Waals surface area contributed by atoms with Crippen LogP contribution < -0.4 is 5.32 Å². The summed E-state index contributed by atoms with van der Waals surface area (Å²) in [5, 5.41) is 3.13. The molecule has 0 saturated carbocycles. The van der Waals surface area contributed by atoms with Crippen LogP contribution >= 0.6 is 0 Å². The zero-order valence-corrected chi connectivity index (χ0v) is 13.5. The van der Waals surface area contributed by atoms with Gasteiger partial charge in [0.1, 0.15) is 0 Å². The molecule has 2 heterocycles. The van der Waals surface area contributed by atoms with Crippen molar-refractivity contribution in [3.63, 3.8) is 0 Å². The van der Waals surface area contributed by atoms with Crippen molar-refractivity contribution in [2.75, 3.05) is 0 Å². The second-order valence-electron chi connectivity index (χ2n) is 5.64. The van der Waals surface area contributed by atoms with Crippen molar-refractivity contribution in [3.8, 4) is 0 Å². The van der Waals surface area contributed by atoms with Gasteiger partial charge in [-0.3, -0.25) is 14.8 Å². The van der Waals surface area contributed by atoms with E-state index in [1.807, 2.05) is 48.5 Å². The fourth-order valence-electron chi connectivity index (χ4n) is 2.69. The van der Waals surface area contributed by atoms with Crippen molar-refractivity contribution in [2.45, 2.75) is 19.4 Å². The predicted octanol–water partition coefficient (Wildman–Crippen LogP) is 3.23. The minimum atomic E-state index is -0.203. The predicted molar refractivity (Wildman–Crippen MR) is 93.3 cm³/mol. The van der Waals surface area contributed by atoms with Gasteiger partial charge in [-0.15, -0.1) is 0 Å². The van der Waals surface area contributed by atoms with Crippen molar-refractivity contribution >= 4 is 5.91 Å². The lowest BCUT2D eigenvalue weighted by Gasteiger charge is -2.21. The van der Waals surface area contributed by atoms with Gasteiger partial charge in [-0.2, -0.15) is 0 Å². The van der Waals surface area contributed by atoms with Gasteiger partial charge in [0.05, 0.1) is 12.5 Å². The summed E-state index contributed by atoms with van der Waals surface area (Å²) in [5.74, 6) is -0.0567. The molecule has 24 heavy (non-hydrogen) atoms. The van der Waals surface area contributed by atoms with Gasteiger partial charge >= 0.3 is 0 Å². The Labute approximate surface area is 141 Å². The fourth-order valence-corrected chi connectivity index (χ4v) is 2.69. The molecule has 0 aliphatic heterocycles. The van der Waals surface area contributed by atoms with E-state index in [0.29, 0.717) is 0 Å². The highest BCUT2D eigenvalue weighted by molar-refractivity contribution is 5.79. The van der Waals surface area contributed by atoms with E-state index >= 15 is 0 Å². The monoisotopic (exact) mass is 317 g/mol. The molecule has 1 N–H and O–H groups in total. The zero-order chi connectivity index (χ0) is 16.8. The van der Waals surface area contributed by atoms with Gasteiger partial charge in [0.15, 0.2) is 0 Å². The van der Waals surface area contributed by atoms with Crippen molar-refractivity contribution in [1.29, 1.82) is 0 Å². The van der Waals surface area contributed by atoms with Crippen LogP contribution in [0.3, 0.4) is 0 Å². The second-order valence-corrected chi connectivity index (χ2v) is 5.64. The standard InChI is InChI=1S/C20H19N3O/c1-15-6-2-3-8-18(15)20(16-9-12-21-13-10-16)23-19(24)14-17-7-4-5-11-22-17/h2-13,20H,14H2,1H3,(H,23,24)/t20-/m1/s1. The first kappa shape index (κ1) is 15.9. The van der Waals surface area contributed by atoms with Crippen LogP contribution in [0.1, 0.15) is 28.4 Å². The molecule has 0 radical (unpaired) electrons. The molecule has 0 aliphatic carbocycles. The number of benzene rings is 1. The SMILES string of the molecule is Cc1ccccc1[C@H](NC(=O)Cc1ccccn1)c1ccncc1. The number of nitrogens with one attached hydrogen (secondary N) is 1. The van der Waals surface area contributed by atoms with Gasteiger partial charge in [-0.1, -0.05) is 30.3 Å². The molecule has 0 spiro atoms. The lowest BCUT2D eigenvalue weighted by molar-refractivity contribution is -0.121. The zero-order valence-electron chi connectivity index (χ0n) is 13.5. The third-order valence-corrected chi connectivity index (χ3v) is 3.91. The molecule has 0 fully saturated rings. The number of carbonyl (C=O) groups excluding carboxylic acids is 1. The Morgan fingerprint density at radius 3 is 2.46 bits per heavy atom. The number of nitrogens with zero attached hydrogens (tertiary/aromatic N) is 2. The topological polar surface area (TPSA) is 54.9 Å². The molecule has 1 atom stereocenters. The third kappa shape index (κ3) is 3.84. The van der Waals surface area contributed by atoms with E-state index in [-0.39, 0.29) is 18.4 Å². The Kier molecular flexibility index (Phi) is 4.96. The summed E-state index contributed by atoms with van der Waals surface area (Å²) in [7, 11) is 0. The van der Waals surface area contributed by atoms with Crippen LogP contribution in [-0.2, 0) is 11.2 Å². The van der Waals surface area contributed by atoms with Crippen LogP contribution in [0.25, 0.3) is 0 Å². The highest BCUT2D eigenvalue weighted by atomic mass is 16.1. The van der Waals surface area contributed by atoms with E-state index in [4.69, 9.17) is 0 Å². The van der Waals surface area contributed by atoms with Crippen molar-refractivity contribution in [2.24, 2.45) is 0 Å². The molecule has 1 amide bonds. The molecule has 3 aromatic rings. The number of carbonyl (C=O) groups is 1. The molecule has 0 aliphatic rings. The molecule has 4 nitrogen and oxygen atoms in total. The molecular formula is C20H19N3O. The van der Waals surface area contributed by atoms with Crippen LogP contribution in [0.2, 0.25) is 0 Å². The van der Waals surface area contributed by atoms with Crippen LogP contribution in [0.15, 0.2) is 73.2 Å². The highest BCUT2D eigenvalue weighted by Gasteiger charge is 2.18. The third-order valence-electron chi connectivity index (χ3n) is 3.91. The Bertz CT molecular complexity index is 803. The largest absolute Gasteiger partial charge is 0.345 e. The molecule has 0 bridgehead atoms. The summed E-state index contributed by atoms with van der Waals surface area (Å²) >= 11 is 0. The molecule has 1 aromatic carbocycles. The number of aryl methyl sites for hydroxylation is 1. The van der Waals surface area contributed by atoms with Gasteiger partial charge in [-0.05, 0) is 47.9 Å². The van der Waals surface area contributed by atoms with E-state index in [9.17, 15) is 4.79 Å². The molecular weight excluding hydrogens is 298 g/mol. The maximum Gasteiger partial charge on any atom is 0.226 e. The fraction of sp³-hybridized carbons (Fsp3) is 0.150. The van der Waals surface area contributed by atoms with E-state index in [0.717, 1.165) is 22.4 Å². The molecule has 3 rings (SSSR count). The maximum atomic E-state index is 12.5. The Balaban J connectivity index is 1.86. The average Bonchev–Trinajstić information content (AvgIpc) is 2.62. The Morgan fingerprint density at radius 1 is 1.00 bits per heavy atom. The van der Waals surface area contributed by atoms with E-state index in [2.05, 4.69) is 28.3 Å². The van der Waals surface area contributed by atoms with Crippen LogP contribution in [0, 0.1) is 6.92 Å². The van der Waals surface area contributed by atoms with Gasteiger partial charge in [0.2, 0.25) is 5.91 Å².